The zero-order valence-corrected chi connectivity index (χ0v) is 21.5. The molecule has 6 rings (SSSR count). The molecule has 0 saturated heterocycles. The van der Waals surface area contributed by atoms with Gasteiger partial charge in [0.2, 0.25) is 5.95 Å². The highest BCUT2D eigenvalue weighted by molar-refractivity contribution is 6.10. The maximum absolute atomic E-state index is 13.8. The van der Waals surface area contributed by atoms with Gasteiger partial charge in [-0.3, -0.25) is 14.8 Å². The Bertz CT molecular complexity index is 1620. The van der Waals surface area contributed by atoms with E-state index in [1.165, 1.54) is 11.1 Å². The van der Waals surface area contributed by atoms with Gasteiger partial charge in [0.1, 0.15) is 11.7 Å². The first-order chi connectivity index (χ1) is 19.2. The number of rotatable bonds is 4. The Morgan fingerprint density at radius 1 is 1.10 bits per heavy atom. The Kier molecular flexibility index (Phi) is 6.29. The molecule has 1 fully saturated rings. The van der Waals surface area contributed by atoms with Crippen molar-refractivity contribution in [2.75, 3.05) is 15.1 Å². The molecule has 4 aromatic rings. The van der Waals surface area contributed by atoms with Crippen molar-refractivity contribution in [3.05, 3.63) is 60.4 Å². The summed E-state index contributed by atoms with van der Waals surface area (Å²) in [6.45, 7) is 1.74. The number of nitrogens with zero attached hydrogens (tertiary/aromatic N) is 6. The van der Waals surface area contributed by atoms with Gasteiger partial charge < -0.3 is 10.2 Å². The van der Waals surface area contributed by atoms with Gasteiger partial charge >= 0.3 is 6.18 Å². The summed E-state index contributed by atoms with van der Waals surface area (Å²) < 4.78 is 40.2. The molecular formula is C28H25F3N8O. The maximum Gasteiger partial charge on any atom is 0.391 e. The van der Waals surface area contributed by atoms with Gasteiger partial charge in [-0.1, -0.05) is 6.07 Å². The summed E-state index contributed by atoms with van der Waals surface area (Å²) in [6.07, 6.45) is -0.425. The largest absolute Gasteiger partial charge is 0.391 e. The van der Waals surface area contributed by atoms with Gasteiger partial charge in [-0.05, 0) is 69.0 Å². The quantitative estimate of drug-likeness (QED) is 0.325. The van der Waals surface area contributed by atoms with E-state index < -0.39 is 18.1 Å². The third-order valence-corrected chi connectivity index (χ3v) is 7.71. The molecule has 40 heavy (non-hydrogen) atoms. The molecule has 3 heterocycles. The fourth-order valence-electron chi connectivity index (χ4n) is 5.68. The number of nitriles is 1. The summed E-state index contributed by atoms with van der Waals surface area (Å²) in [4.78, 5) is 26.4. The van der Waals surface area contributed by atoms with Crippen LogP contribution in [0.1, 0.15) is 38.2 Å². The second-order valence-electron chi connectivity index (χ2n) is 10.2. The number of fused-ring (bicyclic) bond motifs is 2. The first-order valence-electron chi connectivity index (χ1n) is 13.0. The molecular weight excluding hydrogens is 521 g/mol. The zero-order chi connectivity index (χ0) is 28.0. The number of amides is 1. The smallest absolute Gasteiger partial charge is 0.340 e. The zero-order valence-electron chi connectivity index (χ0n) is 21.5. The predicted octanol–water partition coefficient (Wildman–Crippen LogP) is 5.96. The van der Waals surface area contributed by atoms with Gasteiger partial charge in [0, 0.05) is 17.1 Å². The van der Waals surface area contributed by atoms with E-state index in [2.05, 4.69) is 26.6 Å². The number of hydrogen-bond donors (Lipinski definition) is 2. The Balaban J connectivity index is 1.40. The number of benzene rings is 2. The van der Waals surface area contributed by atoms with Gasteiger partial charge in [0.25, 0.3) is 5.91 Å². The summed E-state index contributed by atoms with van der Waals surface area (Å²) >= 11 is 0. The van der Waals surface area contributed by atoms with Crippen molar-refractivity contribution in [2.24, 2.45) is 5.92 Å². The lowest BCUT2D eigenvalue weighted by Crippen LogP contribution is -2.55. The van der Waals surface area contributed by atoms with E-state index in [1.54, 1.807) is 37.4 Å². The van der Waals surface area contributed by atoms with Crippen LogP contribution in [0.25, 0.3) is 10.9 Å². The Hall–Kier alpha value is -4.66. The van der Waals surface area contributed by atoms with Crippen LogP contribution >= 0.6 is 0 Å². The lowest BCUT2D eigenvalue weighted by Gasteiger charge is -2.46. The minimum absolute atomic E-state index is 0.00422. The Labute approximate surface area is 227 Å². The minimum atomic E-state index is -4.23. The summed E-state index contributed by atoms with van der Waals surface area (Å²) in [5.74, 6) is -0.880. The van der Waals surface area contributed by atoms with Crippen molar-refractivity contribution in [1.82, 2.24) is 20.2 Å². The number of carbonyl (C=O) groups excluding carboxylic acids is 1. The second kappa shape index (κ2) is 9.82. The van der Waals surface area contributed by atoms with E-state index in [4.69, 9.17) is 4.98 Å². The summed E-state index contributed by atoms with van der Waals surface area (Å²) in [7, 11) is 0. The topological polar surface area (TPSA) is 114 Å². The summed E-state index contributed by atoms with van der Waals surface area (Å²) in [5, 5.41) is 20.4. The minimum Gasteiger partial charge on any atom is -0.340 e. The summed E-state index contributed by atoms with van der Waals surface area (Å²) in [6, 6.07) is 13.4. The molecule has 204 valence electrons. The van der Waals surface area contributed by atoms with Gasteiger partial charge in [-0.15, -0.1) is 0 Å². The van der Waals surface area contributed by atoms with Gasteiger partial charge in [-0.2, -0.15) is 28.5 Å². The number of carbonyl (C=O) groups is 1. The maximum atomic E-state index is 13.8. The standard InChI is InChI=1S/C28H25F3N8O/c1-16-26(40)39(22-4-2-3-17(11-22)13-32)24-15-33-27(35-20-7-10-23-18(12-20)14-34-37-23)36-25(24)38(16)21-8-5-19(6-9-21)28(29,30)31/h2-4,7,10-12,14-16,19,21H,5-6,8-9H2,1H3,(H,34,37)(H,33,35,36)/t16-,19-,21+/m1/s1. The average molecular weight is 547 g/mol. The molecule has 9 nitrogen and oxygen atoms in total. The van der Waals surface area contributed by atoms with Crippen LogP contribution in [-0.4, -0.2) is 44.3 Å². The summed E-state index contributed by atoms with van der Waals surface area (Å²) in [5.41, 5.74) is 2.89. The normalized spacial score (nSPS) is 21.3. The van der Waals surface area contributed by atoms with Crippen LogP contribution in [0, 0.1) is 17.2 Å². The van der Waals surface area contributed by atoms with Crippen molar-refractivity contribution >= 4 is 45.6 Å². The number of H-pyrrole nitrogens is 1. The van der Waals surface area contributed by atoms with E-state index in [-0.39, 0.29) is 43.6 Å². The van der Waals surface area contributed by atoms with E-state index in [0.29, 0.717) is 22.8 Å². The molecule has 0 spiro atoms. The van der Waals surface area contributed by atoms with Crippen molar-refractivity contribution in [1.29, 1.82) is 5.26 Å². The average Bonchev–Trinajstić information content (AvgIpc) is 3.42. The molecule has 0 unspecified atom stereocenters. The lowest BCUT2D eigenvalue weighted by atomic mass is 9.84. The Morgan fingerprint density at radius 3 is 2.65 bits per heavy atom. The van der Waals surface area contributed by atoms with E-state index in [1.807, 2.05) is 23.1 Å². The molecule has 1 atom stereocenters. The highest BCUT2D eigenvalue weighted by atomic mass is 19.4. The Morgan fingerprint density at radius 2 is 1.90 bits per heavy atom. The lowest BCUT2D eigenvalue weighted by molar-refractivity contribution is -0.182. The second-order valence-corrected chi connectivity index (χ2v) is 10.2. The predicted molar refractivity (Wildman–Crippen MR) is 143 cm³/mol. The van der Waals surface area contributed by atoms with Crippen LogP contribution in [0.3, 0.4) is 0 Å². The van der Waals surface area contributed by atoms with Gasteiger partial charge in [0.15, 0.2) is 5.82 Å². The highest BCUT2D eigenvalue weighted by Crippen LogP contribution is 2.45. The number of anilines is 5. The van der Waals surface area contributed by atoms with E-state index in [9.17, 15) is 23.2 Å². The van der Waals surface area contributed by atoms with Gasteiger partial charge in [0.05, 0.1) is 41.1 Å². The molecule has 2 aromatic heterocycles. The van der Waals surface area contributed by atoms with Gasteiger partial charge in [-0.25, -0.2) is 4.98 Å². The SMILES string of the molecule is C[C@@H]1C(=O)N(c2cccc(C#N)c2)c2cnc(Nc3ccc4[nH]ncc4c3)nc2N1[C@H]1CC[C@@H](C(F)(F)F)CC1. The van der Waals surface area contributed by atoms with Crippen LogP contribution < -0.4 is 15.1 Å². The van der Waals surface area contributed by atoms with Crippen molar-refractivity contribution in [3.63, 3.8) is 0 Å². The number of halogens is 3. The number of alkyl halides is 3. The van der Waals surface area contributed by atoms with Crippen LogP contribution in [-0.2, 0) is 4.79 Å². The van der Waals surface area contributed by atoms with Crippen LogP contribution in [0.4, 0.5) is 42.0 Å². The van der Waals surface area contributed by atoms with E-state index >= 15 is 0 Å². The first kappa shape index (κ1) is 25.6. The van der Waals surface area contributed by atoms with Crippen LogP contribution in [0.2, 0.25) is 0 Å². The van der Waals surface area contributed by atoms with Crippen LogP contribution in [0.5, 0.6) is 0 Å². The number of aromatic nitrogens is 4. The third kappa shape index (κ3) is 4.57. The van der Waals surface area contributed by atoms with E-state index in [0.717, 1.165) is 16.6 Å². The molecule has 2 N–H and O–H groups in total. The first-order valence-corrected chi connectivity index (χ1v) is 13.0. The molecule has 2 aliphatic rings. The van der Waals surface area contributed by atoms with Crippen molar-refractivity contribution < 1.29 is 18.0 Å². The molecule has 0 bridgehead atoms. The van der Waals surface area contributed by atoms with Crippen molar-refractivity contribution in [2.45, 2.75) is 50.9 Å². The van der Waals surface area contributed by atoms with Crippen molar-refractivity contribution in [3.8, 4) is 6.07 Å². The molecule has 1 aliphatic carbocycles. The monoisotopic (exact) mass is 546 g/mol. The number of aromatic amines is 1. The molecule has 0 radical (unpaired) electrons. The molecule has 2 aromatic carbocycles. The third-order valence-electron chi connectivity index (χ3n) is 7.71. The highest BCUT2D eigenvalue weighted by Gasteiger charge is 2.46. The fraction of sp³-hybridized carbons (Fsp3) is 0.321. The number of nitrogens with one attached hydrogen (secondary N) is 2. The molecule has 12 heteroatoms. The number of hydrogen-bond acceptors (Lipinski definition) is 7. The molecule has 1 saturated carbocycles. The fourth-order valence-corrected chi connectivity index (χ4v) is 5.68. The van der Waals surface area contributed by atoms with Crippen LogP contribution in [0.15, 0.2) is 54.9 Å². The molecule has 1 aliphatic heterocycles. The molecule has 1 amide bonds.